The molecule has 0 spiro atoms. The maximum atomic E-state index is 13.4. The molecule has 2 aromatic carbocycles. The quantitative estimate of drug-likeness (QED) is 0.0929. The second kappa shape index (κ2) is 12.7. The molecular formula is C30H31ClN2O6S. The summed E-state index contributed by atoms with van der Waals surface area (Å²) in [6.45, 7) is 8.38. The third kappa shape index (κ3) is 6.21. The molecule has 3 aromatic rings. The first kappa shape index (κ1) is 29.3. The number of hydrogen-bond donors (Lipinski definition) is 1. The fraction of sp³-hybridized carbons (Fsp3) is 0.333. The Labute approximate surface area is 242 Å². The predicted molar refractivity (Wildman–Crippen MR) is 155 cm³/mol. The first-order valence-electron chi connectivity index (χ1n) is 13.1. The fourth-order valence-corrected chi connectivity index (χ4v) is 5.29. The minimum atomic E-state index is -0.997. The standard InChI is InChI=1S/C30H31ClN2O6S/c1-5-6-15-38-22-13-9-20(10-14-22)25(34)23-24(19-7-11-21(31)12-8-19)33(28(36)26(23)35)30-32-18(4)27(40-30)29(37)39-16-17(2)3/h7-14,17,24,34H,5-6,15-16H2,1-4H3. The van der Waals surface area contributed by atoms with E-state index in [0.29, 0.717) is 34.2 Å². The van der Waals surface area contributed by atoms with Gasteiger partial charge in [0, 0.05) is 10.6 Å². The van der Waals surface area contributed by atoms with Crippen LogP contribution in [0.15, 0.2) is 54.1 Å². The van der Waals surface area contributed by atoms with Crippen molar-refractivity contribution < 1.29 is 29.0 Å². The molecule has 1 aliphatic heterocycles. The second-order valence-corrected chi connectivity index (χ2v) is 11.3. The molecule has 8 nitrogen and oxygen atoms in total. The molecule has 1 aromatic heterocycles. The van der Waals surface area contributed by atoms with Crippen LogP contribution in [0.2, 0.25) is 5.02 Å². The smallest absolute Gasteiger partial charge is 0.350 e. The largest absolute Gasteiger partial charge is 0.507 e. The number of aliphatic hydroxyl groups excluding tert-OH is 1. The Balaban J connectivity index is 1.77. The van der Waals surface area contributed by atoms with Crippen molar-refractivity contribution in [3.05, 3.63) is 80.8 Å². The van der Waals surface area contributed by atoms with Crippen LogP contribution in [0.1, 0.15) is 66.1 Å². The van der Waals surface area contributed by atoms with Gasteiger partial charge in [-0.3, -0.25) is 14.5 Å². The molecule has 1 aliphatic rings. The zero-order chi connectivity index (χ0) is 29.0. The number of hydrogen-bond acceptors (Lipinski definition) is 8. The van der Waals surface area contributed by atoms with Gasteiger partial charge in [-0.15, -0.1) is 0 Å². The Bertz CT molecular complexity index is 1430. The zero-order valence-electron chi connectivity index (χ0n) is 22.8. The lowest BCUT2D eigenvalue weighted by Crippen LogP contribution is -2.29. The molecule has 40 heavy (non-hydrogen) atoms. The van der Waals surface area contributed by atoms with Crippen LogP contribution in [-0.4, -0.2) is 41.0 Å². The summed E-state index contributed by atoms with van der Waals surface area (Å²) in [6, 6.07) is 12.3. The van der Waals surface area contributed by atoms with Crippen LogP contribution in [-0.2, 0) is 14.3 Å². The van der Waals surface area contributed by atoms with Gasteiger partial charge < -0.3 is 14.6 Å². The van der Waals surface area contributed by atoms with Gasteiger partial charge in [0.15, 0.2) is 5.13 Å². The van der Waals surface area contributed by atoms with Crippen LogP contribution >= 0.6 is 22.9 Å². The Morgan fingerprint density at radius 3 is 2.42 bits per heavy atom. The first-order valence-corrected chi connectivity index (χ1v) is 14.3. The third-order valence-electron chi connectivity index (χ3n) is 6.25. The molecule has 1 unspecified atom stereocenters. The molecule has 1 N–H and O–H groups in total. The molecule has 1 amide bonds. The number of carbonyl (C=O) groups is 3. The molecule has 4 rings (SSSR count). The van der Waals surface area contributed by atoms with Crippen molar-refractivity contribution in [2.75, 3.05) is 18.1 Å². The van der Waals surface area contributed by atoms with Gasteiger partial charge in [-0.2, -0.15) is 0 Å². The summed E-state index contributed by atoms with van der Waals surface area (Å²) in [5, 5.41) is 12.0. The minimum absolute atomic E-state index is 0.0937. The monoisotopic (exact) mass is 582 g/mol. The molecule has 1 saturated heterocycles. The van der Waals surface area contributed by atoms with Crippen molar-refractivity contribution >= 4 is 51.5 Å². The first-order chi connectivity index (χ1) is 19.1. The van der Waals surface area contributed by atoms with Gasteiger partial charge in [-0.05, 0) is 61.2 Å². The van der Waals surface area contributed by atoms with Crippen molar-refractivity contribution in [2.45, 2.75) is 46.6 Å². The lowest BCUT2D eigenvalue weighted by molar-refractivity contribution is -0.132. The number of ketones is 1. The van der Waals surface area contributed by atoms with Crippen LogP contribution in [0.4, 0.5) is 5.13 Å². The predicted octanol–water partition coefficient (Wildman–Crippen LogP) is 6.72. The molecular weight excluding hydrogens is 552 g/mol. The van der Waals surface area contributed by atoms with E-state index < -0.39 is 23.7 Å². The number of nitrogens with zero attached hydrogens (tertiary/aromatic N) is 2. The summed E-state index contributed by atoms with van der Waals surface area (Å²) < 4.78 is 11.1. The Kier molecular flexibility index (Phi) is 9.27. The number of aromatic nitrogens is 1. The van der Waals surface area contributed by atoms with Gasteiger partial charge in [-0.25, -0.2) is 9.78 Å². The van der Waals surface area contributed by atoms with E-state index in [9.17, 15) is 19.5 Å². The highest BCUT2D eigenvalue weighted by Gasteiger charge is 2.48. The van der Waals surface area contributed by atoms with Crippen LogP contribution in [0.5, 0.6) is 5.75 Å². The number of aryl methyl sites for hydroxylation is 1. The van der Waals surface area contributed by atoms with Gasteiger partial charge in [0.1, 0.15) is 16.4 Å². The average molecular weight is 583 g/mol. The van der Waals surface area contributed by atoms with Crippen molar-refractivity contribution in [1.82, 2.24) is 4.98 Å². The van der Waals surface area contributed by atoms with E-state index in [0.717, 1.165) is 24.2 Å². The normalized spacial score (nSPS) is 16.6. The summed E-state index contributed by atoms with van der Waals surface area (Å²) in [5.41, 5.74) is 1.18. The van der Waals surface area contributed by atoms with Crippen LogP contribution in [0.3, 0.4) is 0 Å². The van der Waals surface area contributed by atoms with Crippen LogP contribution in [0.25, 0.3) is 5.76 Å². The van der Waals surface area contributed by atoms with Gasteiger partial charge in [-0.1, -0.05) is 62.3 Å². The third-order valence-corrected chi connectivity index (χ3v) is 7.64. The number of carbonyl (C=O) groups excluding carboxylic acids is 3. The van der Waals surface area contributed by atoms with Gasteiger partial charge >= 0.3 is 11.9 Å². The molecule has 0 radical (unpaired) electrons. The Hall–Kier alpha value is -3.69. The average Bonchev–Trinajstić information content (AvgIpc) is 3.44. The van der Waals surface area contributed by atoms with Crippen molar-refractivity contribution in [2.24, 2.45) is 5.92 Å². The van der Waals surface area contributed by atoms with Gasteiger partial charge in [0.05, 0.1) is 30.5 Å². The molecule has 0 bridgehead atoms. The highest BCUT2D eigenvalue weighted by atomic mass is 35.5. The van der Waals surface area contributed by atoms with E-state index in [2.05, 4.69) is 11.9 Å². The number of esters is 1. The number of thiazole rings is 1. The maximum Gasteiger partial charge on any atom is 0.350 e. The van der Waals surface area contributed by atoms with E-state index in [4.69, 9.17) is 21.1 Å². The molecule has 10 heteroatoms. The van der Waals surface area contributed by atoms with Crippen molar-refractivity contribution in [1.29, 1.82) is 0 Å². The maximum absolute atomic E-state index is 13.4. The molecule has 0 saturated carbocycles. The summed E-state index contributed by atoms with van der Waals surface area (Å²) >= 11 is 7.08. The van der Waals surface area contributed by atoms with E-state index >= 15 is 0 Å². The lowest BCUT2D eigenvalue weighted by Gasteiger charge is -2.23. The van der Waals surface area contributed by atoms with E-state index in [1.54, 1.807) is 55.5 Å². The number of unbranched alkanes of at least 4 members (excludes halogenated alkanes) is 1. The van der Waals surface area contributed by atoms with Gasteiger partial charge in [0.2, 0.25) is 0 Å². The second-order valence-electron chi connectivity index (χ2n) is 9.85. The summed E-state index contributed by atoms with van der Waals surface area (Å²) in [4.78, 5) is 45.5. The minimum Gasteiger partial charge on any atom is -0.507 e. The molecule has 0 aliphatic carbocycles. The summed E-state index contributed by atoms with van der Waals surface area (Å²) in [6.07, 6.45) is 1.92. The number of aliphatic hydroxyl groups is 1. The zero-order valence-corrected chi connectivity index (χ0v) is 24.3. The summed E-state index contributed by atoms with van der Waals surface area (Å²) in [5.74, 6) is -1.82. The highest BCUT2D eigenvalue weighted by molar-refractivity contribution is 7.17. The summed E-state index contributed by atoms with van der Waals surface area (Å²) in [7, 11) is 0. The number of amides is 1. The van der Waals surface area contributed by atoms with Crippen molar-refractivity contribution in [3.63, 3.8) is 0 Å². The lowest BCUT2D eigenvalue weighted by atomic mass is 9.95. The number of ether oxygens (including phenoxy) is 2. The van der Waals surface area contributed by atoms with E-state index in [1.807, 2.05) is 13.8 Å². The number of Topliss-reactive ketones (excluding diaryl/α,β-unsaturated/α-hetero) is 1. The number of benzene rings is 2. The number of rotatable bonds is 10. The topological polar surface area (TPSA) is 106 Å². The Morgan fingerprint density at radius 2 is 1.80 bits per heavy atom. The van der Waals surface area contributed by atoms with E-state index in [-0.39, 0.29) is 33.9 Å². The molecule has 1 atom stereocenters. The molecule has 210 valence electrons. The number of anilines is 1. The van der Waals surface area contributed by atoms with Crippen LogP contribution < -0.4 is 9.64 Å². The van der Waals surface area contributed by atoms with E-state index in [1.165, 1.54) is 4.90 Å². The SMILES string of the molecule is CCCCOc1ccc(C(O)=C2C(=O)C(=O)N(c3nc(C)c(C(=O)OCC(C)C)s3)C2c2ccc(Cl)cc2)cc1. The number of halogens is 1. The molecule has 1 fully saturated rings. The molecule has 2 heterocycles. The Morgan fingerprint density at radius 1 is 1.12 bits per heavy atom. The van der Waals surface area contributed by atoms with Crippen LogP contribution in [0, 0.1) is 12.8 Å². The van der Waals surface area contributed by atoms with Gasteiger partial charge in [0.25, 0.3) is 5.78 Å². The highest BCUT2D eigenvalue weighted by Crippen LogP contribution is 2.44. The fourth-order valence-electron chi connectivity index (χ4n) is 4.17. The van der Waals surface area contributed by atoms with Crippen molar-refractivity contribution in [3.8, 4) is 5.75 Å².